The Kier molecular flexibility index (Phi) is 11.2. The Bertz CT molecular complexity index is 565. The van der Waals surface area contributed by atoms with Crippen molar-refractivity contribution >= 4 is 8.32 Å². The predicted octanol–water partition coefficient (Wildman–Crippen LogP) is -0.0157. The van der Waals surface area contributed by atoms with Gasteiger partial charge in [0.2, 0.25) is 0 Å². The number of halogens is 2. The van der Waals surface area contributed by atoms with E-state index in [0.717, 1.165) is 19.3 Å². The van der Waals surface area contributed by atoms with Gasteiger partial charge in [-0.25, -0.2) is 11.6 Å². The minimum Gasteiger partial charge on any atom is -1.00 e. The van der Waals surface area contributed by atoms with Gasteiger partial charge in [0.25, 0.3) is 0 Å². The Hall–Kier alpha value is 0.431. The van der Waals surface area contributed by atoms with E-state index in [2.05, 4.69) is 77.7 Å². The Morgan fingerprint density at radius 1 is 1.20 bits per heavy atom. The minimum atomic E-state index is -1.67. The third-order valence-corrected chi connectivity index (χ3v) is 5.17. The topological polar surface area (TPSA) is 9.23 Å². The van der Waals surface area contributed by atoms with Crippen LogP contribution in [0, 0.1) is 11.5 Å². The third-order valence-electron chi connectivity index (χ3n) is 4.17. The molecule has 0 aromatic carbocycles. The van der Waals surface area contributed by atoms with Crippen LogP contribution in [0.4, 0.5) is 0 Å². The molecule has 2 aliphatic rings. The summed E-state index contributed by atoms with van der Waals surface area (Å²) in [5, 5.41) is 0. The van der Waals surface area contributed by atoms with E-state index in [4.69, 9.17) is 4.43 Å². The summed E-state index contributed by atoms with van der Waals surface area (Å²) in [6.07, 6.45) is 15.5. The SMILES string of the molecule is CC1=CCC(CC2=[C-]CC=C2)(O[Si](C)(C)C)C(C(C)(C)C)=C1.[Cl-].[Cl-].[Ti+3]. The van der Waals surface area contributed by atoms with Crippen LogP contribution >= 0.6 is 0 Å². The first-order valence-corrected chi connectivity index (χ1v) is 11.8. The molecule has 0 aliphatic heterocycles. The van der Waals surface area contributed by atoms with E-state index in [1.807, 2.05) is 0 Å². The molecule has 139 valence electrons. The van der Waals surface area contributed by atoms with E-state index >= 15 is 0 Å². The van der Waals surface area contributed by atoms with Crippen LogP contribution in [0.25, 0.3) is 0 Å². The molecule has 0 fully saturated rings. The van der Waals surface area contributed by atoms with Crippen molar-refractivity contribution in [3.05, 3.63) is 47.1 Å². The van der Waals surface area contributed by atoms with Crippen LogP contribution in [0.2, 0.25) is 19.6 Å². The summed E-state index contributed by atoms with van der Waals surface area (Å²) in [6.45, 7) is 16.0. The van der Waals surface area contributed by atoms with Crippen LogP contribution in [0.1, 0.15) is 47.0 Å². The van der Waals surface area contributed by atoms with Gasteiger partial charge in [0.1, 0.15) is 0 Å². The number of hydrogen-bond acceptors (Lipinski definition) is 1. The van der Waals surface area contributed by atoms with Crippen LogP contribution < -0.4 is 24.8 Å². The van der Waals surface area contributed by atoms with Crippen LogP contribution in [0.3, 0.4) is 0 Å². The normalized spacial score (nSPS) is 22.8. The zero-order chi connectivity index (χ0) is 16.6. The van der Waals surface area contributed by atoms with Gasteiger partial charge in [0.05, 0.1) is 5.60 Å². The first-order valence-electron chi connectivity index (χ1n) is 8.38. The van der Waals surface area contributed by atoms with Crippen LogP contribution in [0.15, 0.2) is 41.0 Å². The molecule has 0 bridgehead atoms. The van der Waals surface area contributed by atoms with Crippen molar-refractivity contribution in [2.45, 2.75) is 72.2 Å². The van der Waals surface area contributed by atoms with E-state index in [1.54, 1.807) is 0 Å². The van der Waals surface area contributed by atoms with Gasteiger partial charge < -0.3 is 29.2 Å². The summed E-state index contributed by atoms with van der Waals surface area (Å²) in [7, 11) is -1.67. The fraction of sp³-hybridized carbons (Fsp3) is 0.600. The van der Waals surface area contributed by atoms with Crippen molar-refractivity contribution in [1.29, 1.82) is 0 Å². The third kappa shape index (κ3) is 7.52. The molecule has 0 spiro atoms. The fourth-order valence-corrected chi connectivity index (χ4v) is 4.96. The Balaban J connectivity index is 0. The van der Waals surface area contributed by atoms with Crippen LogP contribution in [0.5, 0.6) is 0 Å². The van der Waals surface area contributed by atoms with Gasteiger partial charge in [-0.15, -0.1) is 6.42 Å². The van der Waals surface area contributed by atoms with Crippen molar-refractivity contribution in [2.24, 2.45) is 5.41 Å². The van der Waals surface area contributed by atoms with Gasteiger partial charge >= 0.3 is 21.7 Å². The van der Waals surface area contributed by atoms with Crippen molar-refractivity contribution in [3.8, 4) is 0 Å². The second-order valence-electron chi connectivity index (χ2n) is 8.65. The molecule has 0 heterocycles. The summed E-state index contributed by atoms with van der Waals surface area (Å²) >= 11 is 0. The van der Waals surface area contributed by atoms with Gasteiger partial charge in [-0.05, 0) is 50.4 Å². The molecule has 1 atom stereocenters. The first-order chi connectivity index (χ1) is 10.0. The monoisotopic (exact) mass is 433 g/mol. The Morgan fingerprint density at radius 3 is 2.24 bits per heavy atom. The summed E-state index contributed by atoms with van der Waals surface area (Å²) in [5.74, 6) is 0. The molecule has 1 unspecified atom stereocenters. The molecule has 0 saturated heterocycles. The Labute approximate surface area is 183 Å². The number of hydrogen-bond donors (Lipinski definition) is 0. The molecule has 25 heavy (non-hydrogen) atoms. The molecular formula is C20H31Cl2OSiTi. The van der Waals surface area contributed by atoms with Crippen LogP contribution in [-0.2, 0) is 26.1 Å². The first kappa shape index (κ1) is 27.6. The quantitative estimate of drug-likeness (QED) is 0.447. The molecule has 0 aromatic heterocycles. The number of rotatable bonds is 4. The zero-order valence-electron chi connectivity index (χ0n) is 16.6. The van der Waals surface area contributed by atoms with Gasteiger partial charge in [-0.2, -0.15) is 6.08 Å². The van der Waals surface area contributed by atoms with Crippen molar-refractivity contribution in [2.75, 3.05) is 0 Å². The number of allylic oxidation sites excluding steroid dienone is 5. The van der Waals surface area contributed by atoms with E-state index < -0.39 is 8.32 Å². The standard InChI is InChI=1S/C20H31OSi.2ClH.Ti/c1-16-12-13-20(21-22(5,6)7,15-17-10-8-9-11-17)18(14-16)19(2,3)4;;;/h8,10,12,14H,9,13,15H2,1-7H3;2*1H;/q-1;;;+3/p-2. The molecule has 2 aliphatic carbocycles. The largest absolute Gasteiger partial charge is 3.00 e. The molecule has 0 saturated carbocycles. The predicted molar refractivity (Wildman–Crippen MR) is 98.2 cm³/mol. The van der Waals surface area contributed by atoms with Crippen LogP contribution in [-0.4, -0.2) is 13.9 Å². The average molecular weight is 434 g/mol. The molecular weight excluding hydrogens is 403 g/mol. The fourth-order valence-electron chi connectivity index (χ4n) is 3.52. The maximum absolute atomic E-state index is 6.85. The zero-order valence-corrected chi connectivity index (χ0v) is 20.7. The van der Waals surface area contributed by atoms with Crippen molar-refractivity contribution < 1.29 is 51.0 Å². The second-order valence-corrected chi connectivity index (χ2v) is 13.1. The molecule has 1 radical (unpaired) electrons. The summed E-state index contributed by atoms with van der Waals surface area (Å²) in [5.41, 5.74) is 4.02. The maximum atomic E-state index is 6.85. The van der Waals surface area contributed by atoms with Gasteiger partial charge in [0, 0.05) is 0 Å². The van der Waals surface area contributed by atoms with Crippen molar-refractivity contribution in [1.82, 2.24) is 0 Å². The van der Waals surface area contributed by atoms with E-state index in [0.29, 0.717) is 0 Å². The Morgan fingerprint density at radius 2 is 1.80 bits per heavy atom. The molecule has 2 rings (SSSR count). The molecule has 1 nitrogen and oxygen atoms in total. The average Bonchev–Trinajstić information content (AvgIpc) is 2.81. The summed E-state index contributed by atoms with van der Waals surface area (Å²) < 4.78 is 6.85. The second kappa shape index (κ2) is 10.1. The molecule has 0 aromatic rings. The van der Waals surface area contributed by atoms with Gasteiger partial charge in [0.15, 0.2) is 8.32 Å². The van der Waals surface area contributed by atoms with E-state index in [9.17, 15) is 0 Å². The van der Waals surface area contributed by atoms with Gasteiger partial charge in [-0.3, -0.25) is 6.08 Å². The van der Waals surface area contributed by atoms with E-state index in [1.165, 1.54) is 16.7 Å². The van der Waals surface area contributed by atoms with Crippen molar-refractivity contribution in [3.63, 3.8) is 0 Å². The minimum absolute atomic E-state index is 0. The maximum Gasteiger partial charge on any atom is 3.00 e. The summed E-state index contributed by atoms with van der Waals surface area (Å²) in [6, 6.07) is 0. The molecule has 0 N–H and O–H groups in total. The molecule has 5 heteroatoms. The van der Waals surface area contributed by atoms with Gasteiger partial charge in [-0.1, -0.05) is 38.5 Å². The van der Waals surface area contributed by atoms with E-state index in [-0.39, 0.29) is 57.5 Å². The molecule has 0 amide bonds. The smallest absolute Gasteiger partial charge is 1.00 e. The summed E-state index contributed by atoms with van der Waals surface area (Å²) in [4.78, 5) is 0.